The zero-order valence-electron chi connectivity index (χ0n) is 8.94. The van der Waals surface area contributed by atoms with Crippen molar-refractivity contribution >= 4 is 21.9 Å². The van der Waals surface area contributed by atoms with Crippen LogP contribution in [0.5, 0.6) is 0 Å². The molecule has 0 aliphatic rings. The van der Waals surface area contributed by atoms with E-state index in [2.05, 4.69) is 21.2 Å². The Morgan fingerprint density at radius 2 is 2.25 bits per heavy atom. The molecule has 1 rings (SSSR count). The van der Waals surface area contributed by atoms with Crippen LogP contribution in [0.25, 0.3) is 0 Å². The number of methoxy groups -OCH3 is 1. The molecule has 0 radical (unpaired) electrons. The summed E-state index contributed by atoms with van der Waals surface area (Å²) in [6.07, 6.45) is 0. The molecule has 88 valence electrons. The fraction of sp³-hybridized carbons (Fsp3) is 0.364. The molecule has 0 aliphatic heterocycles. The Morgan fingerprint density at radius 1 is 1.56 bits per heavy atom. The summed E-state index contributed by atoms with van der Waals surface area (Å²) in [7, 11) is 1.58. The molecule has 1 unspecified atom stereocenters. The first kappa shape index (κ1) is 13.2. The van der Waals surface area contributed by atoms with Crippen molar-refractivity contribution in [3.63, 3.8) is 0 Å². The van der Waals surface area contributed by atoms with E-state index < -0.39 is 12.0 Å². The third-order valence-electron chi connectivity index (χ3n) is 2.12. The van der Waals surface area contributed by atoms with Crippen LogP contribution in [0.3, 0.4) is 0 Å². The van der Waals surface area contributed by atoms with Gasteiger partial charge in [0.15, 0.2) is 0 Å². The van der Waals surface area contributed by atoms with Gasteiger partial charge in [0.05, 0.1) is 6.61 Å². The molecule has 2 N–H and O–H groups in total. The normalized spacial score (nSPS) is 12.4. The maximum Gasteiger partial charge on any atom is 0.325 e. The molecule has 0 aromatic heterocycles. The second kappa shape index (κ2) is 6.62. The number of hydrogen-bond donors (Lipinski definition) is 2. The lowest BCUT2D eigenvalue weighted by Crippen LogP contribution is -2.31. The molecule has 1 aromatic carbocycles. The lowest BCUT2D eigenvalue weighted by atomic mass is 10.1. The van der Waals surface area contributed by atoms with Gasteiger partial charge >= 0.3 is 5.97 Å². The number of carbonyl (C=O) groups is 1. The maximum absolute atomic E-state index is 11.1. The van der Waals surface area contributed by atoms with E-state index in [4.69, 9.17) is 9.84 Å². The summed E-state index contributed by atoms with van der Waals surface area (Å²) in [6, 6.07) is 6.55. The minimum Gasteiger partial charge on any atom is -0.480 e. The van der Waals surface area contributed by atoms with Crippen LogP contribution in [0.15, 0.2) is 28.7 Å². The van der Waals surface area contributed by atoms with Gasteiger partial charge in [0.25, 0.3) is 0 Å². The van der Waals surface area contributed by atoms with Crippen molar-refractivity contribution in [2.45, 2.75) is 6.04 Å². The summed E-state index contributed by atoms with van der Waals surface area (Å²) in [6.45, 7) is 0.975. The van der Waals surface area contributed by atoms with Crippen molar-refractivity contribution in [2.75, 3.05) is 20.3 Å². The van der Waals surface area contributed by atoms with Crippen molar-refractivity contribution < 1.29 is 14.6 Å². The van der Waals surface area contributed by atoms with Gasteiger partial charge in [-0.15, -0.1) is 0 Å². The number of ether oxygens (including phenoxy) is 1. The van der Waals surface area contributed by atoms with Gasteiger partial charge in [0.1, 0.15) is 6.04 Å². The second-order valence-corrected chi connectivity index (χ2v) is 4.09. The molecule has 5 heteroatoms. The number of rotatable bonds is 6. The fourth-order valence-corrected chi connectivity index (χ4v) is 1.86. The zero-order chi connectivity index (χ0) is 12.0. The van der Waals surface area contributed by atoms with E-state index in [0.29, 0.717) is 18.7 Å². The Kier molecular flexibility index (Phi) is 5.45. The first-order valence-corrected chi connectivity index (χ1v) is 5.65. The van der Waals surface area contributed by atoms with E-state index in [-0.39, 0.29) is 0 Å². The summed E-state index contributed by atoms with van der Waals surface area (Å²) in [5, 5.41) is 12.0. The standard InChI is InChI=1S/C11H14BrNO3/c1-16-7-6-13-10(11(14)15)8-4-2-3-5-9(8)12/h2-5,10,13H,6-7H2,1H3,(H,14,15). The highest BCUT2D eigenvalue weighted by Gasteiger charge is 2.20. The molecular formula is C11H14BrNO3. The largest absolute Gasteiger partial charge is 0.480 e. The number of hydrogen-bond acceptors (Lipinski definition) is 3. The molecule has 1 aromatic rings. The Balaban J connectivity index is 2.78. The minimum absolute atomic E-state index is 0.480. The smallest absolute Gasteiger partial charge is 0.325 e. The van der Waals surface area contributed by atoms with E-state index in [1.807, 2.05) is 18.2 Å². The third kappa shape index (κ3) is 3.59. The summed E-state index contributed by atoms with van der Waals surface area (Å²) >= 11 is 3.34. The van der Waals surface area contributed by atoms with Crippen LogP contribution in [0.4, 0.5) is 0 Å². The fourth-order valence-electron chi connectivity index (χ4n) is 1.34. The van der Waals surface area contributed by atoms with Crippen LogP contribution < -0.4 is 5.32 Å². The first-order chi connectivity index (χ1) is 7.66. The topological polar surface area (TPSA) is 58.6 Å². The first-order valence-electron chi connectivity index (χ1n) is 4.86. The van der Waals surface area contributed by atoms with Crippen molar-refractivity contribution in [1.29, 1.82) is 0 Å². The molecule has 16 heavy (non-hydrogen) atoms. The van der Waals surface area contributed by atoms with Crippen LogP contribution in [0, 0.1) is 0 Å². The maximum atomic E-state index is 11.1. The summed E-state index contributed by atoms with van der Waals surface area (Å²) in [5.41, 5.74) is 0.714. The number of benzene rings is 1. The van der Waals surface area contributed by atoms with Crippen LogP contribution in [0.2, 0.25) is 0 Å². The van der Waals surface area contributed by atoms with Crippen molar-refractivity contribution in [2.24, 2.45) is 0 Å². The summed E-state index contributed by atoms with van der Waals surface area (Å²) in [5.74, 6) is -0.900. The van der Waals surface area contributed by atoms with E-state index in [1.165, 1.54) is 0 Å². The molecular weight excluding hydrogens is 274 g/mol. The highest BCUT2D eigenvalue weighted by Crippen LogP contribution is 2.23. The van der Waals surface area contributed by atoms with Crippen molar-refractivity contribution in [1.82, 2.24) is 5.32 Å². The Morgan fingerprint density at radius 3 is 2.81 bits per heavy atom. The molecule has 1 atom stereocenters. The van der Waals surface area contributed by atoms with Crippen LogP contribution in [-0.2, 0) is 9.53 Å². The lowest BCUT2D eigenvalue weighted by molar-refractivity contribution is -0.139. The van der Waals surface area contributed by atoms with Crippen LogP contribution in [-0.4, -0.2) is 31.3 Å². The van der Waals surface area contributed by atoms with E-state index in [9.17, 15) is 4.79 Å². The SMILES string of the molecule is COCCNC(C(=O)O)c1ccccc1Br. The summed E-state index contributed by atoms with van der Waals surface area (Å²) < 4.78 is 5.66. The molecule has 0 spiro atoms. The van der Waals surface area contributed by atoms with E-state index in [1.54, 1.807) is 13.2 Å². The van der Waals surface area contributed by atoms with Crippen LogP contribution in [0.1, 0.15) is 11.6 Å². The van der Waals surface area contributed by atoms with Gasteiger partial charge in [-0.3, -0.25) is 10.1 Å². The number of aliphatic carboxylic acids is 1. The Hall–Kier alpha value is -0.910. The third-order valence-corrected chi connectivity index (χ3v) is 2.84. The van der Waals surface area contributed by atoms with Gasteiger partial charge < -0.3 is 9.84 Å². The Labute approximate surface area is 103 Å². The molecule has 0 aliphatic carbocycles. The van der Waals surface area contributed by atoms with E-state index >= 15 is 0 Å². The lowest BCUT2D eigenvalue weighted by Gasteiger charge is -2.15. The predicted molar refractivity (Wildman–Crippen MR) is 64.4 cm³/mol. The molecule has 0 amide bonds. The van der Waals surface area contributed by atoms with Crippen molar-refractivity contribution in [3.05, 3.63) is 34.3 Å². The quantitative estimate of drug-likeness (QED) is 0.784. The van der Waals surface area contributed by atoms with Gasteiger partial charge in [-0.25, -0.2) is 0 Å². The second-order valence-electron chi connectivity index (χ2n) is 3.24. The highest BCUT2D eigenvalue weighted by atomic mass is 79.9. The number of halogens is 1. The van der Waals surface area contributed by atoms with Gasteiger partial charge in [0, 0.05) is 18.1 Å². The van der Waals surface area contributed by atoms with Gasteiger partial charge in [0.2, 0.25) is 0 Å². The average molecular weight is 288 g/mol. The molecule has 0 saturated heterocycles. The van der Waals surface area contributed by atoms with Gasteiger partial charge in [-0.2, -0.15) is 0 Å². The molecule has 0 saturated carbocycles. The van der Waals surface area contributed by atoms with Crippen molar-refractivity contribution in [3.8, 4) is 0 Å². The average Bonchev–Trinajstić information content (AvgIpc) is 2.25. The number of nitrogens with one attached hydrogen (secondary N) is 1. The van der Waals surface area contributed by atoms with E-state index in [0.717, 1.165) is 4.47 Å². The Bertz CT molecular complexity index is 357. The monoisotopic (exact) mass is 287 g/mol. The summed E-state index contributed by atoms with van der Waals surface area (Å²) in [4.78, 5) is 11.1. The zero-order valence-corrected chi connectivity index (χ0v) is 10.5. The van der Waals surface area contributed by atoms with Gasteiger partial charge in [-0.05, 0) is 11.6 Å². The molecule has 0 heterocycles. The van der Waals surface area contributed by atoms with Gasteiger partial charge in [-0.1, -0.05) is 34.1 Å². The minimum atomic E-state index is -0.900. The molecule has 0 bridgehead atoms. The predicted octanol–water partition coefficient (Wildman–Crippen LogP) is 1.81. The molecule has 0 fully saturated rings. The van der Waals surface area contributed by atoms with Crippen LogP contribution >= 0.6 is 15.9 Å². The highest BCUT2D eigenvalue weighted by molar-refractivity contribution is 9.10. The number of carboxylic acid groups (broad SMARTS) is 1. The molecule has 4 nitrogen and oxygen atoms in total. The number of carboxylic acids is 1.